The van der Waals surface area contributed by atoms with E-state index in [1.807, 2.05) is 36.4 Å². The van der Waals surface area contributed by atoms with Crippen LogP contribution in [-0.4, -0.2) is 5.16 Å². The Kier molecular flexibility index (Phi) is 3.33. The van der Waals surface area contributed by atoms with E-state index in [1.54, 1.807) is 18.4 Å². The van der Waals surface area contributed by atoms with E-state index in [0.29, 0.717) is 5.56 Å². The lowest BCUT2D eigenvalue weighted by Gasteiger charge is -2.10. The fourth-order valence-electron chi connectivity index (χ4n) is 2.26. The van der Waals surface area contributed by atoms with Crippen LogP contribution in [-0.2, 0) is 0 Å². The molecule has 1 aromatic heterocycles. The minimum absolute atomic E-state index is 0.156. The number of rotatable bonds is 3. The van der Waals surface area contributed by atoms with Crippen molar-refractivity contribution in [2.45, 2.75) is 12.8 Å². The van der Waals surface area contributed by atoms with E-state index in [-0.39, 0.29) is 11.7 Å². The summed E-state index contributed by atoms with van der Waals surface area (Å²) in [6, 6.07) is 16.5. The van der Waals surface area contributed by atoms with Crippen LogP contribution in [0.2, 0.25) is 0 Å². The van der Waals surface area contributed by atoms with E-state index < -0.39 is 0 Å². The van der Waals surface area contributed by atoms with Crippen molar-refractivity contribution >= 4 is 0 Å². The Morgan fingerprint density at radius 2 is 1.75 bits per heavy atom. The molecule has 0 amide bonds. The van der Waals surface area contributed by atoms with Crippen LogP contribution in [0.3, 0.4) is 0 Å². The number of hydrogen-bond acceptors (Lipinski definition) is 2. The molecule has 0 fully saturated rings. The zero-order chi connectivity index (χ0) is 13.9. The molecule has 2 nitrogen and oxygen atoms in total. The van der Waals surface area contributed by atoms with Crippen LogP contribution in [0.15, 0.2) is 65.4 Å². The molecule has 3 rings (SSSR count). The van der Waals surface area contributed by atoms with Crippen molar-refractivity contribution in [2.75, 3.05) is 0 Å². The van der Waals surface area contributed by atoms with Crippen molar-refractivity contribution in [3.63, 3.8) is 0 Å². The first kappa shape index (κ1) is 12.6. The van der Waals surface area contributed by atoms with Crippen LogP contribution in [0, 0.1) is 5.82 Å². The van der Waals surface area contributed by atoms with Crippen molar-refractivity contribution in [1.29, 1.82) is 0 Å². The van der Waals surface area contributed by atoms with Crippen LogP contribution in [0.25, 0.3) is 11.1 Å². The molecule has 1 unspecified atom stereocenters. The minimum Gasteiger partial charge on any atom is -0.364 e. The van der Waals surface area contributed by atoms with Gasteiger partial charge in [-0.05, 0) is 17.2 Å². The van der Waals surface area contributed by atoms with Crippen LogP contribution >= 0.6 is 0 Å². The van der Waals surface area contributed by atoms with Crippen molar-refractivity contribution in [3.05, 3.63) is 77.9 Å². The number of nitrogens with zero attached hydrogens (tertiary/aromatic N) is 1. The predicted octanol–water partition coefficient (Wildman–Crippen LogP) is 4.63. The predicted molar refractivity (Wildman–Crippen MR) is 75.9 cm³/mol. The van der Waals surface area contributed by atoms with Gasteiger partial charge in [-0.2, -0.15) is 0 Å². The molecule has 20 heavy (non-hydrogen) atoms. The Hall–Kier alpha value is -2.42. The second-order valence-corrected chi connectivity index (χ2v) is 4.75. The normalized spacial score (nSPS) is 12.3. The summed E-state index contributed by atoms with van der Waals surface area (Å²) in [5.41, 5.74) is 3.51. The number of halogens is 1. The van der Waals surface area contributed by atoms with Crippen LogP contribution in [0.4, 0.5) is 4.39 Å². The second kappa shape index (κ2) is 5.29. The van der Waals surface area contributed by atoms with Crippen LogP contribution in [0.5, 0.6) is 0 Å². The fourth-order valence-corrected chi connectivity index (χ4v) is 2.26. The van der Waals surface area contributed by atoms with Gasteiger partial charge < -0.3 is 4.52 Å². The van der Waals surface area contributed by atoms with Gasteiger partial charge in [0.25, 0.3) is 0 Å². The highest BCUT2D eigenvalue weighted by atomic mass is 19.1. The monoisotopic (exact) mass is 267 g/mol. The lowest BCUT2D eigenvalue weighted by atomic mass is 9.95. The smallest absolute Gasteiger partial charge is 0.131 e. The molecular weight excluding hydrogens is 253 g/mol. The molecule has 0 spiro atoms. The first-order valence-electron chi connectivity index (χ1n) is 6.51. The highest BCUT2D eigenvalue weighted by Crippen LogP contribution is 2.27. The Bertz CT molecular complexity index is 689. The zero-order valence-corrected chi connectivity index (χ0v) is 11.1. The summed E-state index contributed by atoms with van der Waals surface area (Å²) in [4.78, 5) is 0. The van der Waals surface area contributed by atoms with Gasteiger partial charge in [-0.25, -0.2) is 4.39 Å². The van der Waals surface area contributed by atoms with E-state index in [9.17, 15) is 4.39 Å². The molecule has 100 valence electrons. The standard InChI is InChI=1S/C17H14FNO/c1-12(17-10-11-20-19-17)13-6-8-14(9-7-13)15-4-2-3-5-16(15)18/h2-12H,1H3. The van der Waals surface area contributed by atoms with Crippen molar-refractivity contribution < 1.29 is 8.91 Å². The summed E-state index contributed by atoms with van der Waals surface area (Å²) in [6.07, 6.45) is 1.57. The second-order valence-electron chi connectivity index (χ2n) is 4.75. The van der Waals surface area contributed by atoms with E-state index in [1.165, 1.54) is 6.07 Å². The van der Waals surface area contributed by atoms with Crippen molar-refractivity contribution in [2.24, 2.45) is 0 Å². The van der Waals surface area contributed by atoms with Gasteiger partial charge in [-0.15, -0.1) is 0 Å². The van der Waals surface area contributed by atoms with Gasteiger partial charge in [0.15, 0.2) is 0 Å². The Morgan fingerprint density at radius 1 is 1.00 bits per heavy atom. The summed E-state index contributed by atoms with van der Waals surface area (Å²) in [5.74, 6) is -0.0479. The van der Waals surface area contributed by atoms with E-state index in [2.05, 4.69) is 12.1 Å². The molecular formula is C17H14FNO. The van der Waals surface area contributed by atoms with Gasteiger partial charge in [0.1, 0.15) is 12.1 Å². The van der Waals surface area contributed by atoms with Gasteiger partial charge >= 0.3 is 0 Å². The summed E-state index contributed by atoms with van der Waals surface area (Å²) >= 11 is 0. The molecule has 0 aliphatic heterocycles. The topological polar surface area (TPSA) is 26.0 Å². The quantitative estimate of drug-likeness (QED) is 0.691. The van der Waals surface area contributed by atoms with E-state index in [0.717, 1.165) is 16.8 Å². The van der Waals surface area contributed by atoms with Crippen LogP contribution in [0.1, 0.15) is 24.1 Å². The Labute approximate surface area is 116 Å². The molecule has 0 bridgehead atoms. The molecule has 3 heteroatoms. The molecule has 0 aliphatic carbocycles. The zero-order valence-electron chi connectivity index (χ0n) is 11.1. The third-order valence-electron chi connectivity index (χ3n) is 3.50. The van der Waals surface area contributed by atoms with Gasteiger partial charge in [0.2, 0.25) is 0 Å². The van der Waals surface area contributed by atoms with Gasteiger partial charge in [-0.1, -0.05) is 54.5 Å². The van der Waals surface area contributed by atoms with Gasteiger partial charge in [0, 0.05) is 17.5 Å². The molecule has 1 heterocycles. The molecule has 2 aromatic carbocycles. The fraction of sp³-hybridized carbons (Fsp3) is 0.118. The van der Waals surface area contributed by atoms with Crippen molar-refractivity contribution in [3.8, 4) is 11.1 Å². The Morgan fingerprint density at radius 3 is 2.40 bits per heavy atom. The molecule has 0 saturated heterocycles. The highest BCUT2D eigenvalue weighted by molar-refractivity contribution is 5.64. The summed E-state index contributed by atoms with van der Waals surface area (Å²) < 4.78 is 18.6. The summed E-state index contributed by atoms with van der Waals surface area (Å²) in [6.45, 7) is 2.07. The van der Waals surface area contributed by atoms with E-state index in [4.69, 9.17) is 4.52 Å². The molecule has 3 aromatic rings. The largest absolute Gasteiger partial charge is 0.364 e. The lowest BCUT2D eigenvalue weighted by Crippen LogP contribution is -1.96. The first-order chi connectivity index (χ1) is 9.75. The minimum atomic E-state index is -0.204. The summed E-state index contributed by atoms with van der Waals surface area (Å²) in [7, 11) is 0. The summed E-state index contributed by atoms with van der Waals surface area (Å²) in [5, 5.41) is 3.95. The average Bonchev–Trinajstić information content (AvgIpc) is 3.01. The Balaban J connectivity index is 1.90. The maximum Gasteiger partial charge on any atom is 0.131 e. The third-order valence-corrected chi connectivity index (χ3v) is 3.50. The SMILES string of the molecule is CC(c1ccc(-c2ccccc2F)cc1)c1ccon1. The van der Waals surface area contributed by atoms with Crippen molar-refractivity contribution in [1.82, 2.24) is 5.16 Å². The molecule has 1 atom stereocenters. The molecule has 0 N–H and O–H groups in total. The van der Waals surface area contributed by atoms with E-state index >= 15 is 0 Å². The maximum absolute atomic E-state index is 13.7. The third kappa shape index (κ3) is 2.35. The van der Waals surface area contributed by atoms with Crippen LogP contribution < -0.4 is 0 Å². The molecule has 0 saturated carbocycles. The molecule has 0 radical (unpaired) electrons. The van der Waals surface area contributed by atoms with Gasteiger partial charge in [0.05, 0.1) is 5.69 Å². The molecule has 0 aliphatic rings. The maximum atomic E-state index is 13.7. The lowest BCUT2D eigenvalue weighted by molar-refractivity contribution is 0.409. The highest BCUT2D eigenvalue weighted by Gasteiger charge is 2.12. The number of benzene rings is 2. The average molecular weight is 267 g/mol. The number of hydrogen-bond donors (Lipinski definition) is 0. The number of aromatic nitrogens is 1. The first-order valence-corrected chi connectivity index (χ1v) is 6.51. The van der Waals surface area contributed by atoms with Gasteiger partial charge in [-0.3, -0.25) is 0 Å².